The molecule has 1 heterocycles. The molecule has 0 spiro atoms. The van der Waals surface area contributed by atoms with Crippen molar-refractivity contribution in [1.29, 1.82) is 0 Å². The van der Waals surface area contributed by atoms with Gasteiger partial charge in [-0.25, -0.2) is 4.79 Å². The van der Waals surface area contributed by atoms with Gasteiger partial charge in [0.15, 0.2) is 6.10 Å². The van der Waals surface area contributed by atoms with Crippen LogP contribution < -0.4 is 4.74 Å². The molecule has 1 N–H and O–H groups in total. The second kappa shape index (κ2) is 8.47. The van der Waals surface area contributed by atoms with E-state index in [-0.39, 0.29) is 11.5 Å². The molecule has 0 radical (unpaired) electrons. The molecular formula is C21H17F2NO4. The van der Waals surface area contributed by atoms with Gasteiger partial charge in [0.25, 0.3) is 0 Å². The van der Waals surface area contributed by atoms with Gasteiger partial charge in [0.1, 0.15) is 5.75 Å². The Morgan fingerprint density at radius 3 is 2.50 bits per heavy atom. The first-order chi connectivity index (χ1) is 13.4. The van der Waals surface area contributed by atoms with Crippen LogP contribution in [0.2, 0.25) is 0 Å². The van der Waals surface area contributed by atoms with Gasteiger partial charge in [0, 0.05) is 28.7 Å². The Balaban J connectivity index is 1.60. The van der Waals surface area contributed by atoms with E-state index in [4.69, 9.17) is 4.74 Å². The number of halogens is 2. The SMILES string of the molecule is CC(OC(=O)/C=C/c1ccc(OC(F)F)cc1)C(=O)c1c[nH]c2ccccc12. The molecule has 144 valence electrons. The maximum absolute atomic E-state index is 12.6. The van der Waals surface area contributed by atoms with Crippen LogP contribution in [-0.2, 0) is 9.53 Å². The highest BCUT2D eigenvalue weighted by molar-refractivity contribution is 6.10. The quantitative estimate of drug-likeness (QED) is 0.367. The average Bonchev–Trinajstić information content (AvgIpc) is 3.10. The maximum atomic E-state index is 12.6. The lowest BCUT2D eigenvalue weighted by atomic mass is 10.1. The number of esters is 1. The molecule has 0 saturated heterocycles. The first-order valence-electron chi connectivity index (χ1n) is 8.48. The van der Waals surface area contributed by atoms with Crippen LogP contribution in [0.1, 0.15) is 22.8 Å². The topological polar surface area (TPSA) is 68.4 Å². The average molecular weight is 385 g/mol. The van der Waals surface area contributed by atoms with Gasteiger partial charge >= 0.3 is 12.6 Å². The first kappa shape index (κ1) is 19.3. The minimum Gasteiger partial charge on any atom is -0.451 e. The van der Waals surface area contributed by atoms with E-state index in [1.165, 1.54) is 43.3 Å². The number of rotatable bonds is 7. The number of H-pyrrole nitrogens is 1. The van der Waals surface area contributed by atoms with Crippen molar-refractivity contribution in [3.63, 3.8) is 0 Å². The van der Waals surface area contributed by atoms with E-state index < -0.39 is 18.7 Å². The van der Waals surface area contributed by atoms with Crippen molar-refractivity contribution in [3.05, 3.63) is 71.9 Å². The van der Waals surface area contributed by atoms with Gasteiger partial charge in [-0.3, -0.25) is 4.79 Å². The van der Waals surface area contributed by atoms with Crippen LogP contribution in [0.3, 0.4) is 0 Å². The Morgan fingerprint density at radius 1 is 1.07 bits per heavy atom. The molecule has 5 nitrogen and oxygen atoms in total. The molecule has 0 saturated carbocycles. The number of ketones is 1. The van der Waals surface area contributed by atoms with Crippen LogP contribution in [-0.4, -0.2) is 29.5 Å². The molecule has 3 rings (SSSR count). The van der Waals surface area contributed by atoms with Gasteiger partial charge in [-0.05, 0) is 36.8 Å². The van der Waals surface area contributed by atoms with Gasteiger partial charge in [-0.2, -0.15) is 8.78 Å². The summed E-state index contributed by atoms with van der Waals surface area (Å²) in [6, 6.07) is 13.1. The fraction of sp³-hybridized carbons (Fsp3) is 0.143. The maximum Gasteiger partial charge on any atom is 0.387 e. The number of ether oxygens (including phenoxy) is 2. The van der Waals surface area contributed by atoms with Gasteiger partial charge in [0.2, 0.25) is 5.78 Å². The zero-order chi connectivity index (χ0) is 20.1. The lowest BCUT2D eigenvalue weighted by Crippen LogP contribution is -2.23. The number of carbonyl (C=O) groups excluding carboxylic acids is 2. The van der Waals surface area contributed by atoms with Crippen molar-refractivity contribution >= 4 is 28.7 Å². The van der Waals surface area contributed by atoms with E-state index >= 15 is 0 Å². The second-order valence-electron chi connectivity index (χ2n) is 5.97. The number of nitrogens with one attached hydrogen (secondary N) is 1. The lowest BCUT2D eigenvalue weighted by Gasteiger charge is -2.10. The summed E-state index contributed by atoms with van der Waals surface area (Å²) in [6.45, 7) is -1.39. The fourth-order valence-electron chi connectivity index (χ4n) is 2.69. The molecule has 1 atom stereocenters. The number of para-hydroxylation sites is 1. The molecule has 0 amide bonds. The summed E-state index contributed by atoms with van der Waals surface area (Å²) in [5.41, 5.74) is 1.87. The van der Waals surface area contributed by atoms with Crippen molar-refractivity contribution in [1.82, 2.24) is 4.98 Å². The number of carbonyl (C=O) groups is 2. The highest BCUT2D eigenvalue weighted by atomic mass is 19.3. The van der Waals surface area contributed by atoms with Gasteiger partial charge in [-0.1, -0.05) is 30.3 Å². The monoisotopic (exact) mass is 385 g/mol. The summed E-state index contributed by atoms with van der Waals surface area (Å²) in [6.07, 6.45) is 3.26. The Hall–Kier alpha value is -3.48. The Bertz CT molecular complexity index is 1010. The van der Waals surface area contributed by atoms with Crippen LogP contribution in [0.5, 0.6) is 5.75 Å². The number of hydrogen-bond acceptors (Lipinski definition) is 4. The zero-order valence-electron chi connectivity index (χ0n) is 14.9. The summed E-state index contributed by atoms with van der Waals surface area (Å²) < 4.78 is 33.7. The number of Topliss-reactive ketones (excluding diaryl/α,β-unsaturated/α-hetero) is 1. The zero-order valence-corrected chi connectivity index (χ0v) is 14.9. The molecule has 2 aromatic carbocycles. The summed E-state index contributed by atoms with van der Waals surface area (Å²) in [5.74, 6) is -0.978. The van der Waals surface area contributed by atoms with Crippen molar-refractivity contribution in [2.45, 2.75) is 19.6 Å². The van der Waals surface area contributed by atoms with E-state index in [1.54, 1.807) is 6.20 Å². The second-order valence-corrected chi connectivity index (χ2v) is 5.97. The standard InChI is InChI=1S/C21H17F2NO4/c1-13(20(26)17-12-24-18-5-3-2-4-16(17)18)27-19(25)11-8-14-6-9-15(10-7-14)28-21(22)23/h2-13,21,24H,1H3/b11-8+. The number of fused-ring (bicyclic) bond motifs is 1. The van der Waals surface area contributed by atoms with E-state index in [0.717, 1.165) is 10.9 Å². The van der Waals surface area contributed by atoms with Crippen LogP contribution in [0.25, 0.3) is 17.0 Å². The van der Waals surface area contributed by atoms with E-state index in [2.05, 4.69) is 9.72 Å². The van der Waals surface area contributed by atoms with Gasteiger partial charge in [0.05, 0.1) is 0 Å². The summed E-state index contributed by atoms with van der Waals surface area (Å²) in [4.78, 5) is 27.6. The molecule has 1 unspecified atom stereocenters. The van der Waals surface area contributed by atoms with Crippen molar-refractivity contribution in [2.75, 3.05) is 0 Å². The molecular weight excluding hydrogens is 368 g/mol. The third-order valence-electron chi connectivity index (χ3n) is 4.03. The van der Waals surface area contributed by atoms with E-state index in [9.17, 15) is 18.4 Å². The third-order valence-corrected chi connectivity index (χ3v) is 4.03. The minimum atomic E-state index is -2.90. The number of hydrogen-bond donors (Lipinski definition) is 1. The molecule has 0 bridgehead atoms. The number of benzene rings is 2. The number of alkyl halides is 2. The Morgan fingerprint density at radius 2 is 1.79 bits per heavy atom. The first-order valence-corrected chi connectivity index (χ1v) is 8.48. The lowest BCUT2D eigenvalue weighted by molar-refractivity contribution is -0.140. The molecule has 0 fully saturated rings. The van der Waals surface area contributed by atoms with E-state index in [0.29, 0.717) is 11.1 Å². The van der Waals surface area contributed by atoms with Crippen molar-refractivity contribution in [3.8, 4) is 5.75 Å². The fourth-order valence-corrected chi connectivity index (χ4v) is 2.69. The normalized spacial score (nSPS) is 12.4. The molecule has 3 aromatic rings. The summed E-state index contributed by atoms with van der Waals surface area (Å²) in [7, 11) is 0. The molecule has 7 heteroatoms. The van der Waals surface area contributed by atoms with Crippen LogP contribution in [0.15, 0.2) is 60.8 Å². The van der Waals surface area contributed by atoms with Crippen molar-refractivity contribution in [2.24, 2.45) is 0 Å². The van der Waals surface area contributed by atoms with Crippen LogP contribution in [0.4, 0.5) is 8.78 Å². The molecule has 0 aliphatic heterocycles. The highest BCUT2D eigenvalue weighted by Gasteiger charge is 2.21. The predicted molar refractivity (Wildman–Crippen MR) is 100 cm³/mol. The predicted octanol–water partition coefficient (Wildman–Crippen LogP) is 4.60. The molecule has 28 heavy (non-hydrogen) atoms. The minimum absolute atomic E-state index is 0.0210. The number of aromatic amines is 1. The van der Waals surface area contributed by atoms with Crippen molar-refractivity contribution < 1.29 is 27.8 Å². The number of aromatic nitrogens is 1. The Kier molecular flexibility index (Phi) is 5.84. The van der Waals surface area contributed by atoms with Crippen LogP contribution in [0, 0.1) is 0 Å². The molecule has 0 aliphatic carbocycles. The van der Waals surface area contributed by atoms with Gasteiger partial charge < -0.3 is 14.5 Å². The largest absolute Gasteiger partial charge is 0.451 e. The van der Waals surface area contributed by atoms with Crippen LogP contribution >= 0.6 is 0 Å². The van der Waals surface area contributed by atoms with Gasteiger partial charge in [-0.15, -0.1) is 0 Å². The highest BCUT2D eigenvalue weighted by Crippen LogP contribution is 2.20. The van der Waals surface area contributed by atoms with E-state index in [1.807, 2.05) is 24.3 Å². The Labute approximate surface area is 159 Å². The summed E-state index contributed by atoms with van der Waals surface area (Å²) in [5, 5.41) is 0.761. The summed E-state index contributed by atoms with van der Waals surface area (Å²) >= 11 is 0. The smallest absolute Gasteiger partial charge is 0.387 e. The third kappa shape index (κ3) is 4.62. The molecule has 1 aromatic heterocycles. The molecule has 0 aliphatic rings.